The van der Waals surface area contributed by atoms with Crippen molar-refractivity contribution in [1.29, 1.82) is 0 Å². The van der Waals surface area contributed by atoms with Crippen LogP contribution < -0.4 is 10.2 Å². The van der Waals surface area contributed by atoms with Crippen molar-refractivity contribution in [3.63, 3.8) is 0 Å². The number of non-ortho nitro benzene ring substituents is 1. The van der Waals surface area contributed by atoms with E-state index >= 15 is 0 Å². The van der Waals surface area contributed by atoms with Crippen molar-refractivity contribution in [1.82, 2.24) is 4.90 Å². The van der Waals surface area contributed by atoms with Crippen LogP contribution in [0.5, 0.6) is 0 Å². The quantitative estimate of drug-likeness (QED) is 0.564. The summed E-state index contributed by atoms with van der Waals surface area (Å²) in [6.45, 7) is 2.12. The summed E-state index contributed by atoms with van der Waals surface area (Å²) < 4.78 is 0. The molecule has 0 bridgehead atoms. The number of halogens is 1. The number of nitro groups is 2. The maximum absolute atomic E-state index is 12.3. The van der Waals surface area contributed by atoms with Gasteiger partial charge in [0, 0.05) is 32.2 Å². The van der Waals surface area contributed by atoms with Gasteiger partial charge in [-0.1, -0.05) is 23.7 Å². The Kier molecular flexibility index (Phi) is 6.25. The van der Waals surface area contributed by atoms with Gasteiger partial charge in [-0.2, -0.15) is 0 Å². The standard InChI is InChI=1S/C18H18ClN5O5/c19-14-3-1-2-4-15(14)20-18(25)12-21-7-9-22(10-8-21)16-6-5-13(23(26)27)11-17(16)24(28)29/h1-6,11H,7-10,12H2,(H,20,25). The van der Waals surface area contributed by atoms with E-state index in [2.05, 4.69) is 5.32 Å². The third kappa shape index (κ3) is 4.98. The van der Waals surface area contributed by atoms with Gasteiger partial charge in [-0.25, -0.2) is 0 Å². The summed E-state index contributed by atoms with van der Waals surface area (Å²) in [5.74, 6) is -0.201. The van der Waals surface area contributed by atoms with Gasteiger partial charge in [0.1, 0.15) is 5.69 Å². The largest absolute Gasteiger partial charge is 0.363 e. The lowest BCUT2D eigenvalue weighted by atomic mass is 10.2. The molecule has 2 aromatic rings. The highest BCUT2D eigenvalue weighted by Crippen LogP contribution is 2.32. The Bertz CT molecular complexity index is 946. The molecule has 152 valence electrons. The third-order valence-electron chi connectivity index (χ3n) is 4.59. The Hall–Kier alpha value is -3.24. The van der Waals surface area contributed by atoms with E-state index in [1.54, 1.807) is 29.2 Å². The summed E-state index contributed by atoms with van der Waals surface area (Å²) in [6, 6.07) is 10.6. The van der Waals surface area contributed by atoms with Crippen molar-refractivity contribution in [2.75, 3.05) is 42.9 Å². The number of nitrogens with one attached hydrogen (secondary N) is 1. The van der Waals surface area contributed by atoms with Crippen LogP contribution in [0, 0.1) is 20.2 Å². The average Bonchev–Trinajstić information content (AvgIpc) is 2.70. The Morgan fingerprint density at radius 1 is 1.03 bits per heavy atom. The molecular weight excluding hydrogens is 402 g/mol. The summed E-state index contributed by atoms with van der Waals surface area (Å²) >= 11 is 6.04. The minimum atomic E-state index is -0.660. The van der Waals surface area contributed by atoms with Crippen LogP contribution in [0.4, 0.5) is 22.7 Å². The number of para-hydroxylation sites is 1. The normalized spacial score (nSPS) is 14.4. The van der Waals surface area contributed by atoms with Crippen LogP contribution in [0.2, 0.25) is 5.02 Å². The van der Waals surface area contributed by atoms with Crippen LogP contribution in [-0.2, 0) is 4.79 Å². The fourth-order valence-electron chi connectivity index (χ4n) is 3.14. The predicted molar refractivity (Wildman–Crippen MR) is 108 cm³/mol. The average molecular weight is 420 g/mol. The molecule has 0 radical (unpaired) electrons. The zero-order chi connectivity index (χ0) is 21.0. The lowest BCUT2D eigenvalue weighted by Crippen LogP contribution is -2.48. The van der Waals surface area contributed by atoms with E-state index in [-0.39, 0.29) is 23.8 Å². The summed E-state index contributed by atoms with van der Waals surface area (Å²) in [6.07, 6.45) is 0. The van der Waals surface area contributed by atoms with E-state index in [0.717, 1.165) is 6.07 Å². The molecule has 10 nitrogen and oxygen atoms in total. The Balaban J connectivity index is 1.60. The first-order valence-electron chi connectivity index (χ1n) is 8.79. The number of nitro benzene ring substituents is 2. The van der Waals surface area contributed by atoms with Crippen LogP contribution in [0.1, 0.15) is 0 Å². The lowest BCUT2D eigenvalue weighted by molar-refractivity contribution is -0.393. The smallest absolute Gasteiger partial charge is 0.299 e. The molecule has 0 atom stereocenters. The monoisotopic (exact) mass is 419 g/mol. The van der Waals surface area contributed by atoms with Gasteiger partial charge < -0.3 is 10.2 Å². The molecule has 0 unspecified atom stereocenters. The summed E-state index contributed by atoms with van der Waals surface area (Å²) in [5, 5.41) is 25.4. The molecule has 1 heterocycles. The zero-order valence-corrected chi connectivity index (χ0v) is 16.0. The van der Waals surface area contributed by atoms with Gasteiger partial charge in [-0.3, -0.25) is 29.9 Å². The highest BCUT2D eigenvalue weighted by atomic mass is 35.5. The fraction of sp³-hybridized carbons (Fsp3) is 0.278. The molecule has 1 amide bonds. The molecule has 1 N–H and O–H groups in total. The molecule has 0 saturated carbocycles. The molecule has 11 heteroatoms. The maximum Gasteiger partial charge on any atom is 0.299 e. The molecule has 0 spiro atoms. The van der Waals surface area contributed by atoms with Gasteiger partial charge in [-0.15, -0.1) is 0 Å². The number of amides is 1. The molecule has 1 fully saturated rings. The molecule has 0 aliphatic carbocycles. The number of hydrogen-bond donors (Lipinski definition) is 1. The number of rotatable bonds is 6. The summed E-state index contributed by atoms with van der Waals surface area (Å²) in [5.41, 5.74) is 0.250. The van der Waals surface area contributed by atoms with Crippen LogP contribution in [0.25, 0.3) is 0 Å². The van der Waals surface area contributed by atoms with E-state index in [1.165, 1.54) is 12.1 Å². The molecule has 0 aromatic heterocycles. The van der Waals surface area contributed by atoms with Crippen molar-refractivity contribution in [3.8, 4) is 0 Å². The van der Waals surface area contributed by atoms with Crippen LogP contribution in [0.3, 0.4) is 0 Å². The van der Waals surface area contributed by atoms with Gasteiger partial charge in [0.2, 0.25) is 5.91 Å². The first-order valence-corrected chi connectivity index (χ1v) is 9.17. The van der Waals surface area contributed by atoms with Gasteiger partial charge in [0.05, 0.1) is 33.2 Å². The molecule has 29 heavy (non-hydrogen) atoms. The summed E-state index contributed by atoms with van der Waals surface area (Å²) in [7, 11) is 0. The first-order chi connectivity index (χ1) is 13.8. The van der Waals surface area contributed by atoms with Crippen molar-refractivity contribution in [2.45, 2.75) is 0 Å². The maximum atomic E-state index is 12.3. The van der Waals surface area contributed by atoms with E-state index in [9.17, 15) is 25.0 Å². The third-order valence-corrected chi connectivity index (χ3v) is 4.92. The Morgan fingerprint density at radius 2 is 1.72 bits per heavy atom. The number of carbonyl (C=O) groups is 1. The second-order valence-electron chi connectivity index (χ2n) is 6.48. The molecular formula is C18H18ClN5O5. The molecule has 1 aliphatic heterocycles. The van der Waals surface area contributed by atoms with E-state index in [1.807, 2.05) is 4.90 Å². The highest BCUT2D eigenvalue weighted by molar-refractivity contribution is 6.33. The van der Waals surface area contributed by atoms with E-state index in [4.69, 9.17) is 11.6 Å². The minimum Gasteiger partial charge on any atom is -0.363 e. The highest BCUT2D eigenvalue weighted by Gasteiger charge is 2.26. The Morgan fingerprint density at radius 3 is 2.34 bits per heavy atom. The topological polar surface area (TPSA) is 122 Å². The second-order valence-corrected chi connectivity index (χ2v) is 6.89. The van der Waals surface area contributed by atoms with Crippen molar-refractivity contribution < 1.29 is 14.6 Å². The molecule has 1 saturated heterocycles. The SMILES string of the molecule is O=C(CN1CCN(c2ccc([N+](=O)[O-])cc2[N+](=O)[O-])CC1)Nc1ccccc1Cl. The van der Waals surface area contributed by atoms with Gasteiger partial charge >= 0.3 is 0 Å². The van der Waals surface area contributed by atoms with Gasteiger partial charge in [-0.05, 0) is 18.2 Å². The fourth-order valence-corrected chi connectivity index (χ4v) is 3.32. The second kappa shape index (κ2) is 8.84. The van der Waals surface area contributed by atoms with Crippen molar-refractivity contribution in [2.24, 2.45) is 0 Å². The van der Waals surface area contributed by atoms with E-state index in [0.29, 0.717) is 42.6 Å². The number of piperazine rings is 1. The molecule has 1 aliphatic rings. The number of benzene rings is 2. The lowest BCUT2D eigenvalue weighted by Gasteiger charge is -2.35. The number of hydrogen-bond acceptors (Lipinski definition) is 7. The number of anilines is 2. The Labute approximate surface area is 171 Å². The number of carbonyl (C=O) groups excluding carboxylic acids is 1. The first kappa shape index (κ1) is 20.5. The van der Waals surface area contributed by atoms with E-state index < -0.39 is 9.85 Å². The van der Waals surface area contributed by atoms with Crippen molar-refractivity contribution in [3.05, 3.63) is 67.7 Å². The van der Waals surface area contributed by atoms with Crippen LogP contribution >= 0.6 is 11.6 Å². The zero-order valence-electron chi connectivity index (χ0n) is 15.3. The van der Waals surface area contributed by atoms with Crippen molar-refractivity contribution >= 4 is 40.3 Å². The van der Waals surface area contributed by atoms with Crippen LogP contribution in [0.15, 0.2) is 42.5 Å². The minimum absolute atomic E-state index is 0.168. The summed E-state index contributed by atoms with van der Waals surface area (Å²) in [4.78, 5) is 36.9. The predicted octanol–water partition coefficient (Wildman–Crippen LogP) is 2.92. The van der Waals surface area contributed by atoms with Gasteiger partial charge in [0.15, 0.2) is 0 Å². The molecule has 3 rings (SSSR count). The molecule has 2 aromatic carbocycles. The number of nitrogens with zero attached hydrogens (tertiary/aromatic N) is 4. The van der Waals surface area contributed by atoms with Gasteiger partial charge in [0.25, 0.3) is 11.4 Å². The van der Waals surface area contributed by atoms with Crippen LogP contribution in [-0.4, -0.2) is 53.4 Å².